The highest BCUT2D eigenvalue weighted by atomic mass is 16.5. The van der Waals surface area contributed by atoms with Crippen LogP contribution in [0.1, 0.15) is 0 Å². The molecule has 254 valence electrons. The fourth-order valence-corrected chi connectivity index (χ4v) is 7.29. The molecule has 0 aliphatic carbocycles. The maximum Gasteiger partial charge on any atom is 0.235 e. The average molecular weight is 683 g/mol. The zero-order valence-electron chi connectivity index (χ0n) is 29.1. The molecule has 0 saturated heterocycles. The highest BCUT2D eigenvalue weighted by Crippen LogP contribution is 2.42. The van der Waals surface area contributed by atoms with Gasteiger partial charge in [-0.1, -0.05) is 66.7 Å². The number of rotatable bonds is 8. The van der Waals surface area contributed by atoms with E-state index in [1.165, 1.54) is 5.39 Å². The van der Waals surface area contributed by atoms with E-state index in [2.05, 4.69) is 94.1 Å². The standard InChI is InChI=1S/C44H34N4O4/c1-49-30-20-27(21-31(24-30)50-2)38-26-39(28-22-32(51-3)25-33(23-28)52-4)46-44(45-38)48-41-17-11-9-15-35(41)37-19-18-36-34-14-8-10-16-40(34)47(42(36)43(37)48)29-12-6-5-7-13-29/h5-26H,1-4H3. The molecular weight excluding hydrogens is 649 g/mol. The zero-order chi connectivity index (χ0) is 35.3. The van der Waals surface area contributed by atoms with Crippen LogP contribution in [-0.2, 0) is 0 Å². The van der Waals surface area contributed by atoms with Gasteiger partial charge in [-0.05, 0) is 54.6 Å². The quantitative estimate of drug-likeness (QED) is 0.159. The van der Waals surface area contributed by atoms with Gasteiger partial charge in [-0.25, -0.2) is 9.97 Å². The predicted octanol–water partition coefficient (Wildman–Crippen LogP) is 10.0. The number of benzene rings is 6. The van der Waals surface area contributed by atoms with E-state index >= 15 is 0 Å². The van der Waals surface area contributed by atoms with Crippen LogP contribution in [0.3, 0.4) is 0 Å². The fraction of sp³-hybridized carbons (Fsp3) is 0.0909. The van der Waals surface area contributed by atoms with Crippen molar-refractivity contribution in [3.8, 4) is 57.1 Å². The Morgan fingerprint density at radius 2 is 0.827 bits per heavy atom. The molecule has 0 bridgehead atoms. The monoisotopic (exact) mass is 682 g/mol. The van der Waals surface area contributed by atoms with Gasteiger partial charge in [0.15, 0.2) is 0 Å². The second-order valence-corrected chi connectivity index (χ2v) is 12.5. The van der Waals surface area contributed by atoms with Gasteiger partial charge in [0.05, 0.1) is 61.9 Å². The van der Waals surface area contributed by atoms with Gasteiger partial charge in [0, 0.05) is 50.5 Å². The van der Waals surface area contributed by atoms with Gasteiger partial charge in [0.1, 0.15) is 23.0 Å². The van der Waals surface area contributed by atoms with Crippen molar-refractivity contribution >= 4 is 43.6 Å². The van der Waals surface area contributed by atoms with Crippen LogP contribution >= 0.6 is 0 Å². The number of para-hydroxylation sites is 3. The fourth-order valence-electron chi connectivity index (χ4n) is 7.29. The van der Waals surface area contributed by atoms with Crippen LogP contribution in [0.15, 0.2) is 133 Å². The molecule has 8 heteroatoms. The maximum absolute atomic E-state index is 5.68. The van der Waals surface area contributed by atoms with E-state index in [1.807, 2.05) is 48.5 Å². The smallest absolute Gasteiger partial charge is 0.235 e. The number of fused-ring (bicyclic) bond motifs is 7. The number of methoxy groups -OCH3 is 4. The summed E-state index contributed by atoms with van der Waals surface area (Å²) in [6, 6.07) is 45.5. The third-order valence-corrected chi connectivity index (χ3v) is 9.69. The zero-order valence-corrected chi connectivity index (χ0v) is 29.1. The van der Waals surface area contributed by atoms with E-state index in [0.29, 0.717) is 40.3 Å². The van der Waals surface area contributed by atoms with E-state index in [1.54, 1.807) is 28.4 Å². The molecule has 0 aliphatic heterocycles. The average Bonchev–Trinajstić information content (AvgIpc) is 3.73. The molecule has 3 aromatic heterocycles. The number of ether oxygens (including phenoxy) is 4. The summed E-state index contributed by atoms with van der Waals surface area (Å²) in [5.41, 5.74) is 8.29. The Kier molecular flexibility index (Phi) is 7.51. The van der Waals surface area contributed by atoms with Crippen molar-refractivity contribution < 1.29 is 18.9 Å². The molecule has 0 radical (unpaired) electrons. The summed E-state index contributed by atoms with van der Waals surface area (Å²) in [6.45, 7) is 0. The second kappa shape index (κ2) is 12.5. The normalized spacial score (nSPS) is 11.5. The lowest BCUT2D eigenvalue weighted by Crippen LogP contribution is -2.05. The van der Waals surface area contributed by atoms with Crippen LogP contribution in [0.25, 0.3) is 77.8 Å². The van der Waals surface area contributed by atoms with Crippen LogP contribution < -0.4 is 18.9 Å². The van der Waals surface area contributed by atoms with Gasteiger partial charge >= 0.3 is 0 Å². The summed E-state index contributed by atoms with van der Waals surface area (Å²) in [5.74, 6) is 3.14. The largest absolute Gasteiger partial charge is 0.497 e. The predicted molar refractivity (Wildman–Crippen MR) is 208 cm³/mol. The SMILES string of the molecule is COc1cc(OC)cc(-c2cc(-c3cc(OC)cc(OC)c3)nc(-n3c4ccccc4c4ccc5c6ccccc6n(-c6ccccc6)c5c43)n2)c1. The minimum atomic E-state index is 0.514. The van der Waals surface area contributed by atoms with E-state index in [0.717, 1.165) is 55.0 Å². The summed E-state index contributed by atoms with van der Waals surface area (Å²) in [7, 11) is 6.58. The van der Waals surface area contributed by atoms with Gasteiger partial charge in [0.25, 0.3) is 0 Å². The first-order valence-electron chi connectivity index (χ1n) is 17.0. The Morgan fingerprint density at radius 1 is 0.404 bits per heavy atom. The lowest BCUT2D eigenvalue weighted by molar-refractivity contribution is 0.394. The van der Waals surface area contributed by atoms with E-state index in [9.17, 15) is 0 Å². The molecule has 0 saturated carbocycles. The minimum Gasteiger partial charge on any atom is -0.497 e. The molecule has 0 spiro atoms. The van der Waals surface area contributed by atoms with Crippen LogP contribution in [0.2, 0.25) is 0 Å². The molecule has 0 aliphatic rings. The van der Waals surface area contributed by atoms with Crippen molar-refractivity contribution in [2.75, 3.05) is 28.4 Å². The van der Waals surface area contributed by atoms with Gasteiger partial charge in [0.2, 0.25) is 5.95 Å². The molecule has 0 fully saturated rings. The van der Waals surface area contributed by atoms with E-state index in [4.69, 9.17) is 28.9 Å². The first-order chi connectivity index (χ1) is 25.6. The Bertz CT molecular complexity index is 2680. The van der Waals surface area contributed by atoms with Crippen LogP contribution in [-0.4, -0.2) is 47.5 Å². The highest BCUT2D eigenvalue weighted by molar-refractivity contribution is 6.23. The molecule has 8 nitrogen and oxygen atoms in total. The van der Waals surface area contributed by atoms with Crippen molar-refractivity contribution in [3.05, 3.63) is 133 Å². The Hall–Kier alpha value is -6.80. The van der Waals surface area contributed by atoms with Gasteiger partial charge in [-0.2, -0.15) is 0 Å². The molecular formula is C44H34N4O4. The molecule has 0 atom stereocenters. The van der Waals surface area contributed by atoms with Crippen molar-refractivity contribution in [1.29, 1.82) is 0 Å². The van der Waals surface area contributed by atoms with Gasteiger partial charge in [-0.3, -0.25) is 4.57 Å². The number of hydrogen-bond acceptors (Lipinski definition) is 6. The summed E-state index contributed by atoms with van der Waals surface area (Å²) >= 11 is 0. The van der Waals surface area contributed by atoms with Crippen LogP contribution in [0.5, 0.6) is 23.0 Å². The third kappa shape index (κ3) is 4.99. The maximum atomic E-state index is 5.68. The molecule has 0 unspecified atom stereocenters. The molecule has 9 aromatic rings. The van der Waals surface area contributed by atoms with Crippen LogP contribution in [0, 0.1) is 0 Å². The van der Waals surface area contributed by atoms with Crippen molar-refractivity contribution in [2.24, 2.45) is 0 Å². The summed E-state index contributed by atoms with van der Waals surface area (Å²) in [5, 5.41) is 4.51. The number of aromatic nitrogens is 4. The number of nitrogens with zero attached hydrogens (tertiary/aromatic N) is 4. The Morgan fingerprint density at radius 3 is 1.31 bits per heavy atom. The Balaban J connectivity index is 1.44. The molecule has 0 amide bonds. The van der Waals surface area contributed by atoms with Crippen LogP contribution in [0.4, 0.5) is 0 Å². The Labute approximate surface area is 300 Å². The minimum absolute atomic E-state index is 0.514. The lowest BCUT2D eigenvalue weighted by atomic mass is 10.1. The first-order valence-corrected chi connectivity index (χ1v) is 17.0. The first kappa shape index (κ1) is 31.2. The summed E-state index contributed by atoms with van der Waals surface area (Å²) < 4.78 is 27.3. The third-order valence-electron chi connectivity index (χ3n) is 9.69. The summed E-state index contributed by atoms with van der Waals surface area (Å²) in [6.07, 6.45) is 0. The van der Waals surface area contributed by atoms with E-state index < -0.39 is 0 Å². The topological polar surface area (TPSA) is 72.6 Å². The highest BCUT2D eigenvalue weighted by Gasteiger charge is 2.23. The van der Waals surface area contributed by atoms with Crippen molar-refractivity contribution in [1.82, 2.24) is 19.1 Å². The molecule has 52 heavy (non-hydrogen) atoms. The van der Waals surface area contributed by atoms with E-state index in [-0.39, 0.29) is 0 Å². The van der Waals surface area contributed by atoms with Crippen molar-refractivity contribution in [3.63, 3.8) is 0 Å². The molecule has 0 N–H and O–H groups in total. The van der Waals surface area contributed by atoms with Gasteiger partial charge in [-0.15, -0.1) is 0 Å². The lowest BCUT2D eigenvalue weighted by Gasteiger charge is -2.15. The second-order valence-electron chi connectivity index (χ2n) is 12.5. The molecule has 3 heterocycles. The van der Waals surface area contributed by atoms with Crippen molar-refractivity contribution in [2.45, 2.75) is 0 Å². The number of hydrogen-bond donors (Lipinski definition) is 0. The molecule has 6 aromatic carbocycles. The summed E-state index contributed by atoms with van der Waals surface area (Å²) in [4.78, 5) is 10.7. The van der Waals surface area contributed by atoms with Gasteiger partial charge < -0.3 is 23.5 Å². The molecule has 9 rings (SSSR count).